The zero-order chi connectivity index (χ0) is 16.7. The smallest absolute Gasteiger partial charge is 0.324 e. The van der Waals surface area contributed by atoms with Gasteiger partial charge in [-0.05, 0) is 28.1 Å². The van der Waals surface area contributed by atoms with Crippen LogP contribution in [0.1, 0.15) is 5.69 Å². The fourth-order valence-corrected chi connectivity index (χ4v) is 2.30. The standard InChI is InChI=1S/C12H7BrCl2F3N3O/c1-21-8(22)4-7(12(16,17)18)20-11(21)19-6-3-2-5(14)9(13)10(6)15/h2-4H,1H3,(H,19,20). The largest absolute Gasteiger partial charge is 0.433 e. The van der Waals surface area contributed by atoms with Crippen molar-refractivity contribution in [2.75, 3.05) is 5.32 Å². The van der Waals surface area contributed by atoms with E-state index in [-0.39, 0.29) is 16.7 Å². The lowest BCUT2D eigenvalue weighted by Gasteiger charge is -2.14. The number of hydrogen-bond acceptors (Lipinski definition) is 3. The first-order valence-electron chi connectivity index (χ1n) is 5.67. The molecule has 118 valence electrons. The van der Waals surface area contributed by atoms with Gasteiger partial charge in [-0.1, -0.05) is 23.2 Å². The number of nitrogens with one attached hydrogen (secondary N) is 1. The molecule has 22 heavy (non-hydrogen) atoms. The second kappa shape index (κ2) is 6.10. The maximum Gasteiger partial charge on any atom is 0.433 e. The van der Waals surface area contributed by atoms with Crippen LogP contribution in [0.4, 0.5) is 24.8 Å². The molecule has 0 aliphatic carbocycles. The first kappa shape index (κ1) is 17.1. The first-order valence-corrected chi connectivity index (χ1v) is 7.22. The molecule has 10 heteroatoms. The van der Waals surface area contributed by atoms with Crippen molar-refractivity contribution in [1.29, 1.82) is 0 Å². The molecule has 2 rings (SSSR count). The van der Waals surface area contributed by atoms with Crippen LogP contribution in [0.3, 0.4) is 0 Å². The van der Waals surface area contributed by atoms with E-state index in [1.165, 1.54) is 19.2 Å². The predicted octanol–water partition coefficient (Wildman–Crippen LogP) is 4.61. The molecular formula is C12H7BrCl2F3N3O. The molecule has 0 aliphatic heterocycles. The van der Waals surface area contributed by atoms with Gasteiger partial charge < -0.3 is 5.32 Å². The summed E-state index contributed by atoms with van der Waals surface area (Å²) in [5.41, 5.74) is -1.89. The van der Waals surface area contributed by atoms with Crippen LogP contribution in [0.5, 0.6) is 0 Å². The van der Waals surface area contributed by atoms with Gasteiger partial charge in [0.25, 0.3) is 5.56 Å². The van der Waals surface area contributed by atoms with Crippen LogP contribution >= 0.6 is 39.1 Å². The van der Waals surface area contributed by atoms with Crippen LogP contribution in [0.25, 0.3) is 0 Å². The van der Waals surface area contributed by atoms with E-state index in [0.29, 0.717) is 15.6 Å². The normalized spacial score (nSPS) is 11.6. The highest BCUT2D eigenvalue weighted by molar-refractivity contribution is 9.10. The van der Waals surface area contributed by atoms with Crippen LogP contribution < -0.4 is 10.9 Å². The summed E-state index contributed by atoms with van der Waals surface area (Å²) in [5, 5.41) is 3.08. The molecule has 1 aromatic carbocycles. The second-order valence-electron chi connectivity index (χ2n) is 4.21. The van der Waals surface area contributed by atoms with Gasteiger partial charge in [-0.2, -0.15) is 13.2 Å². The fraction of sp³-hybridized carbons (Fsp3) is 0.167. The second-order valence-corrected chi connectivity index (χ2v) is 5.79. The molecule has 0 aliphatic rings. The SMILES string of the molecule is Cn1c(Nc2ccc(Cl)c(Br)c2Cl)nc(C(F)(F)F)cc1=O. The Morgan fingerprint density at radius 1 is 1.32 bits per heavy atom. The minimum atomic E-state index is -4.73. The van der Waals surface area contributed by atoms with Crippen molar-refractivity contribution in [1.82, 2.24) is 9.55 Å². The molecule has 0 unspecified atom stereocenters. The van der Waals surface area contributed by atoms with E-state index in [0.717, 1.165) is 4.57 Å². The molecule has 4 nitrogen and oxygen atoms in total. The van der Waals surface area contributed by atoms with E-state index in [1.807, 2.05) is 0 Å². The summed E-state index contributed by atoms with van der Waals surface area (Å²) in [6, 6.07) is 3.37. The van der Waals surface area contributed by atoms with Crippen LogP contribution in [-0.2, 0) is 13.2 Å². The highest BCUT2D eigenvalue weighted by atomic mass is 79.9. The van der Waals surface area contributed by atoms with Gasteiger partial charge in [-0.3, -0.25) is 9.36 Å². The summed E-state index contributed by atoms with van der Waals surface area (Å²) in [4.78, 5) is 15.0. The molecule has 0 amide bonds. The number of alkyl halides is 3. The minimum Gasteiger partial charge on any atom is -0.324 e. The Morgan fingerprint density at radius 3 is 2.55 bits per heavy atom. The van der Waals surface area contributed by atoms with Crippen molar-refractivity contribution < 1.29 is 13.2 Å². The average molecular weight is 417 g/mol. The Labute approximate surface area is 141 Å². The van der Waals surface area contributed by atoms with Crippen molar-refractivity contribution in [3.8, 4) is 0 Å². The van der Waals surface area contributed by atoms with Crippen LogP contribution in [-0.4, -0.2) is 9.55 Å². The molecule has 0 spiro atoms. The summed E-state index contributed by atoms with van der Waals surface area (Å²) in [6.07, 6.45) is -4.73. The van der Waals surface area contributed by atoms with Gasteiger partial charge in [0.05, 0.1) is 20.2 Å². The Kier molecular flexibility index (Phi) is 4.74. The molecule has 0 bridgehead atoms. The quantitative estimate of drug-likeness (QED) is 0.727. The zero-order valence-corrected chi connectivity index (χ0v) is 13.9. The summed E-state index contributed by atoms with van der Waals surface area (Å²) in [6.45, 7) is 0. The van der Waals surface area contributed by atoms with Crippen molar-refractivity contribution in [2.45, 2.75) is 6.18 Å². The van der Waals surface area contributed by atoms with E-state index in [2.05, 4.69) is 26.2 Å². The zero-order valence-electron chi connectivity index (χ0n) is 10.8. The third kappa shape index (κ3) is 3.39. The Bertz CT molecular complexity index is 792. The third-order valence-corrected chi connectivity index (χ3v) is 4.69. The lowest BCUT2D eigenvalue weighted by Crippen LogP contribution is -2.24. The Balaban J connectivity index is 2.53. The summed E-state index contributed by atoms with van der Waals surface area (Å²) in [7, 11) is 1.29. The Morgan fingerprint density at radius 2 is 1.95 bits per heavy atom. The highest BCUT2D eigenvalue weighted by Gasteiger charge is 2.34. The predicted molar refractivity (Wildman–Crippen MR) is 81.9 cm³/mol. The number of rotatable bonds is 2. The molecule has 0 saturated heterocycles. The fourth-order valence-electron chi connectivity index (χ4n) is 1.54. The highest BCUT2D eigenvalue weighted by Crippen LogP contribution is 2.37. The molecule has 0 saturated carbocycles. The summed E-state index contributed by atoms with van der Waals surface area (Å²) >= 11 is 15.0. The molecule has 1 aromatic heterocycles. The van der Waals surface area contributed by atoms with Gasteiger partial charge in [0.1, 0.15) is 0 Å². The van der Waals surface area contributed by atoms with Gasteiger partial charge in [0, 0.05) is 13.1 Å². The van der Waals surface area contributed by atoms with E-state index >= 15 is 0 Å². The van der Waals surface area contributed by atoms with Gasteiger partial charge in [0.2, 0.25) is 5.95 Å². The van der Waals surface area contributed by atoms with Gasteiger partial charge in [-0.25, -0.2) is 4.98 Å². The third-order valence-electron chi connectivity index (χ3n) is 2.71. The van der Waals surface area contributed by atoms with Crippen molar-refractivity contribution in [3.05, 3.63) is 48.8 Å². The van der Waals surface area contributed by atoms with E-state index < -0.39 is 17.4 Å². The lowest BCUT2D eigenvalue weighted by molar-refractivity contribution is -0.141. The number of benzene rings is 1. The van der Waals surface area contributed by atoms with E-state index in [9.17, 15) is 18.0 Å². The average Bonchev–Trinajstić information content (AvgIpc) is 2.43. The molecule has 0 fully saturated rings. The summed E-state index contributed by atoms with van der Waals surface area (Å²) in [5.74, 6) is -0.295. The van der Waals surface area contributed by atoms with Gasteiger partial charge in [0.15, 0.2) is 5.69 Å². The van der Waals surface area contributed by atoms with Crippen molar-refractivity contribution in [2.24, 2.45) is 7.05 Å². The molecule has 1 heterocycles. The molecule has 1 N–H and O–H groups in total. The van der Waals surface area contributed by atoms with Gasteiger partial charge >= 0.3 is 6.18 Å². The van der Waals surface area contributed by atoms with E-state index in [4.69, 9.17) is 23.2 Å². The number of nitrogens with zero attached hydrogens (tertiary/aromatic N) is 2. The minimum absolute atomic E-state index is 0.152. The molecule has 0 atom stereocenters. The van der Waals surface area contributed by atoms with Gasteiger partial charge in [-0.15, -0.1) is 0 Å². The molecule has 0 radical (unpaired) electrons. The number of anilines is 2. The molecular weight excluding hydrogens is 410 g/mol. The van der Waals surface area contributed by atoms with Crippen molar-refractivity contribution in [3.63, 3.8) is 0 Å². The number of hydrogen-bond donors (Lipinski definition) is 1. The summed E-state index contributed by atoms with van der Waals surface area (Å²) < 4.78 is 39.5. The van der Waals surface area contributed by atoms with Crippen molar-refractivity contribution >= 4 is 50.8 Å². The first-order chi connectivity index (χ1) is 10.1. The maximum atomic E-state index is 12.7. The maximum absolute atomic E-state index is 12.7. The number of halogens is 6. The van der Waals surface area contributed by atoms with E-state index in [1.54, 1.807) is 0 Å². The topological polar surface area (TPSA) is 46.9 Å². The number of aromatic nitrogens is 2. The Hall–Kier alpha value is -1.25. The van der Waals surface area contributed by atoms with Crippen LogP contribution in [0, 0.1) is 0 Å². The monoisotopic (exact) mass is 415 g/mol. The molecule has 2 aromatic rings. The van der Waals surface area contributed by atoms with Crippen LogP contribution in [0.2, 0.25) is 10.0 Å². The van der Waals surface area contributed by atoms with Crippen LogP contribution in [0.15, 0.2) is 27.5 Å². The lowest BCUT2D eigenvalue weighted by atomic mass is 10.3.